The molecule has 0 spiro atoms. The van der Waals surface area contributed by atoms with Gasteiger partial charge in [0.15, 0.2) is 0 Å². The van der Waals surface area contributed by atoms with E-state index in [1.165, 1.54) is 25.8 Å². The van der Waals surface area contributed by atoms with Crippen LogP contribution in [0.1, 0.15) is 13.8 Å². The van der Waals surface area contributed by atoms with Gasteiger partial charge < -0.3 is 0 Å². The fourth-order valence-electron chi connectivity index (χ4n) is 0. The first-order valence-electron chi connectivity index (χ1n) is 1.49. The molecule has 0 radical (unpaired) electrons. The van der Waals surface area contributed by atoms with E-state index in [0.717, 1.165) is 3.48 Å². The summed E-state index contributed by atoms with van der Waals surface area (Å²) in [5, 5.41) is 0. The molecule has 0 aliphatic rings. The summed E-state index contributed by atoms with van der Waals surface area (Å²) in [4.78, 5) is 0. The van der Waals surface area contributed by atoms with Gasteiger partial charge in [-0.3, -0.25) is 0 Å². The fourth-order valence-corrected chi connectivity index (χ4v) is 0. The van der Waals surface area contributed by atoms with Crippen LogP contribution >= 0.6 is 0 Å². The summed E-state index contributed by atoms with van der Waals surface area (Å²) in [6.45, 7) is 4.48. The molecule has 0 aliphatic carbocycles. The summed E-state index contributed by atoms with van der Waals surface area (Å²) < 4.78 is 1.000. The van der Waals surface area contributed by atoms with Crippen molar-refractivity contribution in [1.29, 1.82) is 0 Å². The van der Waals surface area contributed by atoms with E-state index < -0.39 is 0 Å². The van der Waals surface area contributed by atoms with Crippen LogP contribution in [0.2, 0.25) is 3.48 Å². The molecule has 0 bridgehead atoms. The van der Waals surface area contributed by atoms with Crippen molar-refractivity contribution in [3.05, 3.63) is 0 Å². The van der Waals surface area contributed by atoms with Gasteiger partial charge in [0.2, 0.25) is 0 Å². The van der Waals surface area contributed by atoms with Gasteiger partial charge in [-0.2, -0.15) is 0 Å². The summed E-state index contributed by atoms with van der Waals surface area (Å²) in [6.07, 6.45) is 0. The Balaban J connectivity index is 2.32. The monoisotopic (exact) mass is 248 g/mol. The van der Waals surface area contributed by atoms with Crippen LogP contribution in [0.5, 0.6) is 0 Å². The van der Waals surface area contributed by atoms with Gasteiger partial charge in [0.05, 0.1) is 0 Å². The zero-order valence-electron chi connectivity index (χ0n) is 3.15. The normalized spacial score (nSPS) is 8.50. The van der Waals surface area contributed by atoms with Crippen molar-refractivity contribution in [2.75, 3.05) is 0 Å². The van der Waals surface area contributed by atoms with E-state index in [4.69, 9.17) is 0 Å². The molecule has 0 aliphatic heterocycles. The van der Waals surface area contributed by atoms with E-state index in [2.05, 4.69) is 13.8 Å². The quantitative estimate of drug-likeness (QED) is 0.560. The molecule has 0 saturated heterocycles. The molecule has 4 heavy (non-hydrogen) atoms. The molecule has 0 atom stereocenters. The Bertz CT molecular complexity index is 8.00. The van der Waals surface area contributed by atoms with Crippen LogP contribution in [0, 0.1) is 0 Å². The Morgan fingerprint density at radius 2 is 1.50 bits per heavy atom. The summed E-state index contributed by atoms with van der Waals surface area (Å²) in [5.74, 6) is 0. The van der Waals surface area contributed by atoms with Crippen LogP contribution in [-0.4, -0.2) is 25.8 Å². The first-order valence-corrected chi connectivity index (χ1v) is 4.08. The van der Waals surface area contributed by atoms with E-state index in [9.17, 15) is 0 Å². The van der Waals surface area contributed by atoms with Crippen LogP contribution < -0.4 is 0 Å². The zero-order chi connectivity index (χ0) is 3.58. The molecule has 22 valence electrons. The average Bonchev–Trinajstić information content (AvgIpc) is 0.811. The third kappa shape index (κ3) is 12.7. The van der Waals surface area contributed by atoms with Gasteiger partial charge >= 0.3 is 43.1 Å². The Labute approximate surface area is 43.3 Å². The Kier molecular flexibility index (Phi) is 2.68. The van der Waals surface area contributed by atoms with Crippen molar-refractivity contribution in [3.8, 4) is 0 Å². The van der Waals surface area contributed by atoms with E-state index >= 15 is 0 Å². The molecule has 1 heteroatoms. The molecule has 0 N–H and O–H groups in total. The standard InChI is InChI=1S/C3H7.Tl/c1-3-2;/h3H,1-2H3;. The van der Waals surface area contributed by atoms with Gasteiger partial charge in [-0.25, -0.2) is 0 Å². The second kappa shape index (κ2) is 2.18. The van der Waals surface area contributed by atoms with Crippen LogP contribution in [-0.2, 0) is 0 Å². The second-order valence-electron chi connectivity index (χ2n) is 1.24. The number of hydrogen-bond donors (Lipinski definition) is 0. The first-order chi connectivity index (χ1) is 1.73. The van der Waals surface area contributed by atoms with Gasteiger partial charge in [-0.05, 0) is 0 Å². The molecular formula is C3H7Tl. The van der Waals surface area contributed by atoms with Gasteiger partial charge in [-0.1, -0.05) is 0 Å². The third-order valence-electron chi connectivity index (χ3n) is 0. The molecule has 0 heterocycles. The maximum absolute atomic E-state index is 2.24. The SMILES string of the molecule is C[CH](C)[Tl]. The summed E-state index contributed by atoms with van der Waals surface area (Å²) >= 11 is 1.19. The molecule has 0 rings (SSSR count). The summed E-state index contributed by atoms with van der Waals surface area (Å²) in [7, 11) is 0. The molecule has 0 aromatic rings. The Morgan fingerprint density at radius 3 is 1.50 bits per heavy atom. The van der Waals surface area contributed by atoms with Gasteiger partial charge in [0.25, 0.3) is 0 Å². The van der Waals surface area contributed by atoms with Crippen molar-refractivity contribution in [3.63, 3.8) is 0 Å². The topological polar surface area (TPSA) is 0 Å². The first kappa shape index (κ1) is 4.92. The van der Waals surface area contributed by atoms with Gasteiger partial charge in [0, 0.05) is 0 Å². The predicted octanol–water partition coefficient (Wildman–Crippen LogP) is 0.983. The Hall–Kier alpha value is 0.922. The van der Waals surface area contributed by atoms with Crippen molar-refractivity contribution in [1.82, 2.24) is 0 Å². The molecule has 0 saturated carbocycles. The fraction of sp³-hybridized carbons (Fsp3) is 1.00. The zero-order valence-corrected chi connectivity index (χ0v) is 7.64. The molecule has 0 amide bonds. The van der Waals surface area contributed by atoms with Crippen molar-refractivity contribution in [2.24, 2.45) is 0 Å². The molecular weight excluding hydrogens is 240 g/mol. The van der Waals surface area contributed by atoms with E-state index in [0.29, 0.717) is 0 Å². The minimum absolute atomic E-state index is 1.000. The van der Waals surface area contributed by atoms with E-state index in [1.807, 2.05) is 0 Å². The maximum atomic E-state index is 2.24. The van der Waals surface area contributed by atoms with Crippen LogP contribution in [0.25, 0.3) is 0 Å². The van der Waals surface area contributed by atoms with E-state index in [1.54, 1.807) is 0 Å². The average molecular weight is 247 g/mol. The number of hydrogen-bond acceptors (Lipinski definition) is 0. The molecule has 0 unspecified atom stereocenters. The van der Waals surface area contributed by atoms with E-state index in [-0.39, 0.29) is 0 Å². The van der Waals surface area contributed by atoms with Crippen LogP contribution in [0.4, 0.5) is 0 Å². The van der Waals surface area contributed by atoms with Crippen molar-refractivity contribution < 1.29 is 0 Å². The summed E-state index contributed by atoms with van der Waals surface area (Å²) in [6, 6.07) is 0. The van der Waals surface area contributed by atoms with Crippen molar-refractivity contribution >= 4 is 25.8 Å². The van der Waals surface area contributed by atoms with Gasteiger partial charge in [0.1, 0.15) is 0 Å². The number of rotatable bonds is 0. The van der Waals surface area contributed by atoms with Crippen LogP contribution in [0.3, 0.4) is 0 Å². The summed E-state index contributed by atoms with van der Waals surface area (Å²) in [5.41, 5.74) is 0. The third-order valence-corrected chi connectivity index (χ3v) is 0. The second-order valence-corrected chi connectivity index (χ2v) is 6.43. The van der Waals surface area contributed by atoms with Crippen LogP contribution in [0.15, 0.2) is 0 Å². The minimum atomic E-state index is 1.000. The van der Waals surface area contributed by atoms with Crippen molar-refractivity contribution in [2.45, 2.75) is 17.3 Å². The molecule has 0 fully saturated rings. The predicted molar refractivity (Wildman–Crippen MR) is 20.9 cm³/mol. The molecule has 0 nitrogen and oxygen atoms in total. The molecule has 0 aromatic heterocycles. The Morgan fingerprint density at radius 1 is 1.50 bits per heavy atom. The molecule has 0 aromatic carbocycles. The van der Waals surface area contributed by atoms with Gasteiger partial charge in [-0.15, -0.1) is 0 Å².